The molecule has 2 unspecified atom stereocenters. The number of carbonyl (C=O) groups excluding carboxylic acids is 3. The van der Waals surface area contributed by atoms with Gasteiger partial charge in [-0.1, -0.05) is 6.92 Å². The number of hydrogen-bond donors (Lipinski definition) is 3. The minimum absolute atomic E-state index is 0.0414. The predicted octanol–water partition coefficient (Wildman–Crippen LogP) is 0.324. The molecular formula is C14H25N3O3. The lowest BCUT2D eigenvalue weighted by Crippen LogP contribution is -2.47. The van der Waals surface area contributed by atoms with Crippen molar-refractivity contribution in [2.75, 3.05) is 13.6 Å². The Morgan fingerprint density at radius 3 is 2.65 bits per heavy atom. The van der Waals surface area contributed by atoms with Gasteiger partial charge in [-0.2, -0.15) is 0 Å². The van der Waals surface area contributed by atoms with Gasteiger partial charge in [0.2, 0.25) is 17.7 Å². The van der Waals surface area contributed by atoms with Crippen LogP contribution in [0, 0.1) is 5.92 Å². The van der Waals surface area contributed by atoms with Crippen molar-refractivity contribution in [3.63, 3.8) is 0 Å². The van der Waals surface area contributed by atoms with E-state index in [1.54, 1.807) is 7.05 Å². The van der Waals surface area contributed by atoms with E-state index in [-0.39, 0.29) is 23.6 Å². The zero-order valence-corrected chi connectivity index (χ0v) is 12.3. The van der Waals surface area contributed by atoms with Crippen molar-refractivity contribution >= 4 is 17.7 Å². The molecule has 0 aromatic heterocycles. The first-order valence-corrected chi connectivity index (χ1v) is 7.33. The summed E-state index contributed by atoms with van der Waals surface area (Å²) < 4.78 is 0. The molecule has 114 valence electrons. The Balaban J connectivity index is 2.65. The maximum Gasteiger partial charge on any atom is 0.242 e. The third-order valence-electron chi connectivity index (χ3n) is 3.61. The second-order valence-electron chi connectivity index (χ2n) is 5.31. The van der Waals surface area contributed by atoms with Crippen molar-refractivity contribution in [2.24, 2.45) is 5.92 Å². The lowest BCUT2D eigenvalue weighted by Gasteiger charge is -2.19. The van der Waals surface area contributed by atoms with Crippen molar-refractivity contribution in [2.45, 2.75) is 51.5 Å². The largest absolute Gasteiger partial charge is 0.357 e. The van der Waals surface area contributed by atoms with Gasteiger partial charge in [-0.05, 0) is 32.1 Å². The maximum absolute atomic E-state index is 12.0. The van der Waals surface area contributed by atoms with E-state index in [1.807, 2.05) is 6.92 Å². The Labute approximate surface area is 120 Å². The summed E-state index contributed by atoms with van der Waals surface area (Å²) in [5.74, 6) is -0.418. The smallest absolute Gasteiger partial charge is 0.242 e. The average molecular weight is 283 g/mol. The molecule has 0 radical (unpaired) electrons. The fourth-order valence-electron chi connectivity index (χ4n) is 2.25. The number of amides is 3. The zero-order valence-electron chi connectivity index (χ0n) is 12.3. The Bertz CT molecular complexity index is 358. The van der Waals surface area contributed by atoms with Gasteiger partial charge < -0.3 is 16.0 Å². The molecule has 0 spiro atoms. The van der Waals surface area contributed by atoms with E-state index in [0.29, 0.717) is 32.2 Å². The van der Waals surface area contributed by atoms with E-state index in [1.165, 1.54) is 0 Å². The summed E-state index contributed by atoms with van der Waals surface area (Å²) in [6, 6.07) is -0.480. The van der Waals surface area contributed by atoms with Gasteiger partial charge in [-0.25, -0.2) is 0 Å². The molecule has 20 heavy (non-hydrogen) atoms. The first-order chi connectivity index (χ1) is 9.54. The van der Waals surface area contributed by atoms with Crippen LogP contribution in [0.5, 0.6) is 0 Å². The minimum atomic E-state index is -0.480. The molecule has 0 saturated carbocycles. The van der Waals surface area contributed by atoms with Gasteiger partial charge in [0.15, 0.2) is 0 Å². The quantitative estimate of drug-likeness (QED) is 0.648. The Morgan fingerprint density at radius 1 is 1.20 bits per heavy atom. The first-order valence-electron chi connectivity index (χ1n) is 7.33. The molecule has 0 aliphatic carbocycles. The van der Waals surface area contributed by atoms with Gasteiger partial charge in [0.1, 0.15) is 6.04 Å². The van der Waals surface area contributed by atoms with Gasteiger partial charge in [0, 0.05) is 25.9 Å². The van der Waals surface area contributed by atoms with E-state index in [4.69, 9.17) is 0 Å². The molecule has 1 saturated heterocycles. The molecule has 1 fully saturated rings. The van der Waals surface area contributed by atoms with Crippen LogP contribution in [0.2, 0.25) is 0 Å². The van der Waals surface area contributed by atoms with Crippen LogP contribution in [0.25, 0.3) is 0 Å². The molecule has 0 bridgehead atoms. The van der Waals surface area contributed by atoms with Gasteiger partial charge in [0.25, 0.3) is 0 Å². The summed E-state index contributed by atoms with van der Waals surface area (Å²) in [5.41, 5.74) is 0. The number of nitrogens with one attached hydrogen (secondary N) is 3. The van der Waals surface area contributed by atoms with Crippen LogP contribution in [0.3, 0.4) is 0 Å². The molecule has 1 aliphatic heterocycles. The van der Waals surface area contributed by atoms with Crippen molar-refractivity contribution < 1.29 is 14.4 Å². The van der Waals surface area contributed by atoms with Crippen LogP contribution in [0.15, 0.2) is 0 Å². The van der Waals surface area contributed by atoms with Crippen molar-refractivity contribution in [3.8, 4) is 0 Å². The van der Waals surface area contributed by atoms with Gasteiger partial charge in [-0.3, -0.25) is 14.4 Å². The van der Waals surface area contributed by atoms with Crippen LogP contribution in [-0.2, 0) is 14.4 Å². The molecule has 1 rings (SSSR count). The first kappa shape index (κ1) is 16.5. The Kier molecular flexibility index (Phi) is 7.04. The summed E-state index contributed by atoms with van der Waals surface area (Å²) in [7, 11) is 1.57. The fraction of sp³-hybridized carbons (Fsp3) is 0.786. The summed E-state index contributed by atoms with van der Waals surface area (Å²) >= 11 is 0. The minimum Gasteiger partial charge on any atom is -0.357 e. The van der Waals surface area contributed by atoms with E-state index in [0.717, 1.165) is 12.8 Å². The van der Waals surface area contributed by atoms with Crippen LogP contribution in [-0.4, -0.2) is 37.4 Å². The van der Waals surface area contributed by atoms with Crippen LogP contribution >= 0.6 is 0 Å². The molecule has 2 atom stereocenters. The van der Waals surface area contributed by atoms with E-state index in [9.17, 15) is 14.4 Å². The predicted molar refractivity (Wildman–Crippen MR) is 75.9 cm³/mol. The molecule has 3 N–H and O–H groups in total. The molecule has 3 amide bonds. The van der Waals surface area contributed by atoms with Gasteiger partial charge in [0.05, 0.1) is 0 Å². The topological polar surface area (TPSA) is 87.3 Å². The monoisotopic (exact) mass is 283 g/mol. The van der Waals surface area contributed by atoms with Crippen molar-refractivity contribution in [1.29, 1.82) is 0 Å². The molecule has 0 aromatic carbocycles. The second-order valence-corrected chi connectivity index (χ2v) is 5.31. The third-order valence-corrected chi connectivity index (χ3v) is 3.61. The average Bonchev–Trinajstić information content (AvgIpc) is 2.44. The summed E-state index contributed by atoms with van der Waals surface area (Å²) in [5, 5.41) is 8.25. The Hall–Kier alpha value is -1.59. The Morgan fingerprint density at radius 2 is 1.95 bits per heavy atom. The van der Waals surface area contributed by atoms with Crippen LogP contribution in [0.1, 0.15) is 45.4 Å². The van der Waals surface area contributed by atoms with E-state index >= 15 is 0 Å². The summed E-state index contributed by atoms with van der Waals surface area (Å²) in [6.45, 7) is 2.45. The number of carbonyl (C=O) groups is 3. The number of rotatable bonds is 1. The standard InChI is InChI=1S/C14H25N3O3/c1-10-6-5-8-12(18)16-9-4-3-7-11(14(20)15-2)17-13(10)19/h10-11H,3-9H2,1-2H3,(H,15,20)(H,16,18)(H,17,19). The molecular weight excluding hydrogens is 258 g/mol. The summed E-state index contributed by atoms with van der Waals surface area (Å²) in [6.07, 6.45) is 3.98. The van der Waals surface area contributed by atoms with E-state index in [2.05, 4.69) is 16.0 Å². The molecule has 6 nitrogen and oxygen atoms in total. The number of likely N-dealkylation sites (N-methyl/N-ethyl adjacent to an activating group) is 1. The molecule has 1 heterocycles. The van der Waals surface area contributed by atoms with Crippen LogP contribution < -0.4 is 16.0 Å². The van der Waals surface area contributed by atoms with Crippen molar-refractivity contribution in [3.05, 3.63) is 0 Å². The fourth-order valence-corrected chi connectivity index (χ4v) is 2.25. The zero-order chi connectivity index (χ0) is 15.0. The second kappa shape index (κ2) is 8.55. The third kappa shape index (κ3) is 5.59. The highest BCUT2D eigenvalue weighted by atomic mass is 16.2. The van der Waals surface area contributed by atoms with E-state index < -0.39 is 6.04 Å². The molecule has 0 aromatic rings. The summed E-state index contributed by atoms with van der Waals surface area (Å²) in [4.78, 5) is 35.3. The normalized spacial score (nSPS) is 26.3. The molecule has 6 heteroatoms. The maximum atomic E-state index is 12.0. The lowest BCUT2D eigenvalue weighted by atomic mass is 10.0. The highest BCUT2D eigenvalue weighted by Crippen LogP contribution is 2.10. The highest BCUT2D eigenvalue weighted by Gasteiger charge is 2.22. The van der Waals surface area contributed by atoms with Gasteiger partial charge in [-0.15, -0.1) is 0 Å². The lowest BCUT2D eigenvalue weighted by molar-refractivity contribution is -0.131. The highest BCUT2D eigenvalue weighted by molar-refractivity contribution is 5.88. The molecule has 1 aliphatic rings. The van der Waals surface area contributed by atoms with Crippen molar-refractivity contribution in [1.82, 2.24) is 16.0 Å². The van der Waals surface area contributed by atoms with Crippen LogP contribution in [0.4, 0.5) is 0 Å². The SMILES string of the molecule is CNC(=O)C1CCCCNC(=O)CCCC(C)C(=O)N1. The number of hydrogen-bond acceptors (Lipinski definition) is 3. The van der Waals surface area contributed by atoms with Gasteiger partial charge >= 0.3 is 0 Å².